The third kappa shape index (κ3) is 77.1. The third-order valence-electron chi connectivity index (χ3n) is 6.52. The van der Waals surface area contributed by atoms with E-state index in [1.54, 1.807) is 0 Å². The smallest absolute Gasteiger partial charge is 0.870 e. The number of aromatic nitrogens is 12. The molecule has 0 spiro atoms. The standard InChI is InChI=1S/2C10H20N6O.C9H16ClN5.C3Cl3N3.C3H6I.C3H9N.CH5NO.2CH4.CH3.2ClH.3HI.Na.H2O.2V/c2*1-4-6-11-8-13-9(12-7-5-2)15-10(14-8)16-17-3;1-3-5-11-8-13-7(10)14-9(15-8)12-6-4-2;4-1-7-2(5)9-3(6)8-1;2*1-2-3-4;1-3-2;;;;;;;;;;;;/h2*4-7H2,1-3H3,(H3,11,12,13,14,15,16);3-6H2,1-2H3,(H2,11,12,13,14,15);;3H,2H2,1H3;2-4H2,1H3;2H2,1H3;2*1H4;1H3;5*1H;;1H2;;/q;;;;-1;;;;;-1;;;;;;+1;;;+3/p-4. The van der Waals surface area contributed by atoms with Gasteiger partial charge >= 0.3 is 112 Å². The first-order valence-corrected chi connectivity index (χ1v) is 39.1. The number of hydrogen-bond acceptors (Lipinski definition) is 25. The summed E-state index contributed by atoms with van der Waals surface area (Å²) in [6.45, 7) is 22.5. The number of nitrogens with two attached hydrogens (primary N) is 2. The van der Waals surface area contributed by atoms with Gasteiger partial charge in [0, 0.05) is 57.8 Å². The van der Waals surface area contributed by atoms with Crippen molar-refractivity contribution in [2.45, 2.75) is 122 Å². The fourth-order valence-electron chi connectivity index (χ4n) is 3.63. The number of nitrogens with one attached hydrogen (secondary N) is 9. The van der Waals surface area contributed by atoms with Crippen LogP contribution >= 0.6 is 141 Å². The molecule has 39 heteroatoms. The fraction of sp³-hybridized carbons (Fsp3) is 0.667. The van der Waals surface area contributed by atoms with Crippen LogP contribution in [0.4, 0.5) is 47.6 Å². The number of hydrogen-bond donors (Lipinski definition) is 10. The Labute approximate surface area is 602 Å². The van der Waals surface area contributed by atoms with Gasteiger partial charge in [0.1, 0.15) is 0 Å². The molecule has 0 aliphatic rings. The summed E-state index contributed by atoms with van der Waals surface area (Å²) in [7, 11) is 4.44. The molecule has 4 rings (SSSR count). The zero-order valence-corrected chi connectivity index (χ0v) is 65.2. The second kappa shape index (κ2) is 83.1. The monoisotopic (exact) mass is 1810 g/mol. The zero-order valence-electron chi connectivity index (χ0n) is 47.1. The number of halogens is 10. The molecule has 4 aromatic heterocycles. The second-order valence-corrected chi connectivity index (χ2v) is 50.6. The van der Waals surface area contributed by atoms with Crippen LogP contribution in [0.3, 0.4) is 0 Å². The van der Waals surface area contributed by atoms with Gasteiger partial charge in [-0.15, -0.1) is 12.4 Å². The predicted molar refractivity (Wildman–Crippen MR) is 362 cm³/mol. The quantitative estimate of drug-likeness (QED) is 0.0148. The van der Waals surface area contributed by atoms with E-state index in [1.165, 1.54) is 27.8 Å². The van der Waals surface area contributed by atoms with Gasteiger partial charge < -0.3 is 90.4 Å². The largest absolute Gasteiger partial charge is 1.00 e. The van der Waals surface area contributed by atoms with Crippen molar-refractivity contribution >= 4 is 189 Å². The van der Waals surface area contributed by atoms with Crippen LogP contribution in [0.25, 0.3) is 0 Å². The zero-order chi connectivity index (χ0) is 56.1. The Hall–Kier alpha value is 1.03. The van der Waals surface area contributed by atoms with Crippen molar-refractivity contribution in [1.29, 1.82) is 0 Å². The SMILES string of the molecule is C.C.CCCN.CCCNc1nc(Cl)nc(NCCC)n1.CCCNc1nc(NCCC)nc(NOC)n1.CCCNc1nc(NOC)nc(NCCC)[nH+]1.CC[CH-]I.CON.Cl.Clc1nc(Cl)nc(Cl)n1.[CH3-].[Cl-].[I][V]([I])[I].[Na+].[OH-].[V]. The summed E-state index contributed by atoms with van der Waals surface area (Å²) in [4.78, 5) is 59.6. The number of H-pyrrole nitrogens is 1. The molecule has 475 valence electrons. The molecule has 14 N–H and O–H groups in total. The Balaban J connectivity index is -0.0000000708. The molecule has 26 nitrogen and oxygen atoms in total. The fourth-order valence-corrected chi connectivity index (χ4v) is 4.40. The number of anilines is 8. The van der Waals surface area contributed by atoms with Crippen LogP contribution in [-0.2, 0) is 38.0 Å². The molecule has 0 atom stereocenters. The van der Waals surface area contributed by atoms with E-state index in [0.717, 1.165) is 90.8 Å². The number of rotatable bonds is 24. The van der Waals surface area contributed by atoms with Gasteiger partial charge in [0.05, 0.1) is 21.3 Å². The van der Waals surface area contributed by atoms with Gasteiger partial charge in [-0.25, -0.2) is 21.8 Å². The average Bonchev–Trinajstić information content (AvgIpc) is 3.35. The summed E-state index contributed by atoms with van der Waals surface area (Å²) >= 11 is 31.3. The average molecular weight is 1810 g/mol. The molecule has 0 amide bonds. The van der Waals surface area contributed by atoms with Crippen LogP contribution in [0, 0.1) is 11.9 Å². The Morgan fingerprint density at radius 1 is 0.506 bits per heavy atom. The van der Waals surface area contributed by atoms with Gasteiger partial charge in [-0.05, 0) is 97.9 Å². The molecule has 0 unspecified atom stereocenters. The molecule has 0 saturated heterocycles. The van der Waals surface area contributed by atoms with E-state index in [0.29, 0.717) is 47.6 Å². The second-order valence-electron chi connectivity index (χ2n) is 13.0. The van der Waals surface area contributed by atoms with E-state index in [-0.39, 0.29) is 127 Å². The minimum atomic E-state index is -0.278. The van der Waals surface area contributed by atoms with Crippen LogP contribution in [-0.4, -0.2) is 127 Å². The molecule has 0 aliphatic carbocycles. The Morgan fingerprint density at radius 2 is 0.716 bits per heavy atom. The van der Waals surface area contributed by atoms with E-state index in [2.05, 4.69) is 256 Å². The third-order valence-corrected chi connectivity index (χ3v) is 8.07. The summed E-state index contributed by atoms with van der Waals surface area (Å²) in [6, 6.07) is 0. The van der Waals surface area contributed by atoms with E-state index in [9.17, 15) is 0 Å². The van der Waals surface area contributed by atoms with Gasteiger partial charge in [0.2, 0.25) is 44.9 Å². The Bertz CT molecular complexity index is 1690. The summed E-state index contributed by atoms with van der Waals surface area (Å²) in [5, 5.41) is 18.9. The van der Waals surface area contributed by atoms with Crippen LogP contribution in [0.5, 0.6) is 0 Å². The van der Waals surface area contributed by atoms with Crippen molar-refractivity contribution < 1.29 is 90.4 Å². The molecule has 81 heavy (non-hydrogen) atoms. The van der Waals surface area contributed by atoms with Gasteiger partial charge in [-0.1, -0.05) is 80.2 Å². The van der Waals surface area contributed by atoms with Crippen molar-refractivity contribution in [2.24, 2.45) is 11.6 Å². The first-order valence-electron chi connectivity index (χ1n) is 22.9. The van der Waals surface area contributed by atoms with E-state index < -0.39 is 0 Å². The van der Waals surface area contributed by atoms with E-state index in [4.69, 9.17) is 61.8 Å². The van der Waals surface area contributed by atoms with Crippen molar-refractivity contribution in [3.63, 3.8) is 0 Å². The molecule has 0 bridgehead atoms. The normalized spacial score (nSPS) is 8.57. The molecule has 0 aromatic carbocycles. The molecular formula is C42H90Cl6I4N22NaO4V2-2. The number of nitrogens with zero attached hydrogens (tertiary/aromatic N) is 11. The maximum atomic E-state index is 5.77. The molecule has 4 aromatic rings. The molecular weight excluding hydrogens is 1720 g/mol. The maximum Gasteiger partial charge on any atom is 1.00 e. The van der Waals surface area contributed by atoms with Gasteiger partial charge in [-0.2, -0.15) is 51.3 Å². The van der Waals surface area contributed by atoms with Crippen molar-refractivity contribution in [2.75, 3.05) is 110 Å². The molecule has 1 radical (unpaired) electrons. The summed E-state index contributed by atoms with van der Waals surface area (Å²) in [5.41, 5.74) is 10.2. The van der Waals surface area contributed by atoms with Gasteiger partial charge in [-0.3, -0.25) is 14.1 Å². The van der Waals surface area contributed by atoms with Crippen LogP contribution < -0.4 is 101 Å². The molecule has 0 aliphatic heterocycles. The predicted octanol–water partition coefficient (Wildman–Crippen LogP) is 6.88. The van der Waals surface area contributed by atoms with Crippen molar-refractivity contribution in [3.05, 3.63) is 33.0 Å². The van der Waals surface area contributed by atoms with Crippen molar-refractivity contribution in [1.82, 2.24) is 54.8 Å². The van der Waals surface area contributed by atoms with Crippen LogP contribution in [0.2, 0.25) is 21.1 Å². The first-order chi connectivity index (χ1) is 35.0. The van der Waals surface area contributed by atoms with E-state index in [1.807, 2.05) is 0 Å². The van der Waals surface area contributed by atoms with Gasteiger partial charge in [0.25, 0.3) is 5.95 Å². The minimum absolute atomic E-state index is 0. The summed E-state index contributed by atoms with van der Waals surface area (Å²) in [6.07, 6.45) is 8.39. The van der Waals surface area contributed by atoms with Crippen LogP contribution in [0.15, 0.2) is 0 Å². The van der Waals surface area contributed by atoms with Crippen LogP contribution in [0.1, 0.15) is 122 Å². The van der Waals surface area contributed by atoms with Crippen molar-refractivity contribution in [3.8, 4) is 0 Å². The molecule has 0 saturated carbocycles. The Morgan fingerprint density at radius 3 is 0.938 bits per heavy atom. The van der Waals surface area contributed by atoms with Gasteiger partial charge in [0.15, 0.2) is 0 Å². The number of aromatic amines is 1. The Kier molecular flexibility index (Phi) is 113. The van der Waals surface area contributed by atoms with E-state index >= 15 is 0 Å². The summed E-state index contributed by atoms with van der Waals surface area (Å²) in [5.74, 6) is 8.62. The maximum absolute atomic E-state index is 5.77. The summed E-state index contributed by atoms with van der Waals surface area (Å²) < 4.78 is 2.09. The molecule has 4 heterocycles. The first kappa shape index (κ1) is 110. The topological polar surface area (TPSA) is 362 Å². The minimum Gasteiger partial charge on any atom is -0.870 e. The molecule has 0 fully saturated rings.